The molecule has 0 aromatic heterocycles. The van der Waals surface area contributed by atoms with Crippen LogP contribution in [0.3, 0.4) is 0 Å². The van der Waals surface area contributed by atoms with E-state index in [4.69, 9.17) is 79.1 Å². The molecule has 1 aliphatic carbocycles. The lowest BCUT2D eigenvalue weighted by molar-refractivity contribution is -0.143. The number of anilines is 1. The molecule has 0 spiro atoms. The molecule has 0 radical (unpaired) electrons. The molecule has 3 fully saturated rings. The summed E-state index contributed by atoms with van der Waals surface area (Å²) in [4.78, 5) is 164. The Morgan fingerprint density at radius 3 is 1.51 bits per heavy atom. The SMILES string of the molecule is NCCOCCOCCOCC(=O)NCCN1C(=O)C=CC1=O.O=C(COCCOCCOCCNC(=O)C1CCC(CN2C(=O)CC(SCCCCC[C@H](NC(=O)[C@H]3CCC(=O)N3)C(=O)Nc3ccccc3)C2=O)CC1)NCCN1C(=O)C=CC1=O.[N-]=[N+]=NCCOCCOCCO.[N-]=[N+]=NCCOCCOCCOCC(=O)O. The number of ether oxygens (including phenoxy) is 11. The zero-order chi connectivity index (χ0) is 83.7. The van der Waals surface area contributed by atoms with E-state index in [9.17, 15) is 62.3 Å². The van der Waals surface area contributed by atoms with Crippen molar-refractivity contribution in [1.82, 2.24) is 41.3 Å². The van der Waals surface area contributed by atoms with E-state index in [1.54, 1.807) is 24.3 Å². The van der Waals surface area contributed by atoms with Crippen LogP contribution < -0.4 is 37.6 Å². The second kappa shape index (κ2) is 65.1. The minimum Gasteiger partial charge on any atom is -0.480 e. The van der Waals surface area contributed by atoms with Crippen LogP contribution in [0.1, 0.15) is 70.6 Å². The van der Waals surface area contributed by atoms with Crippen LogP contribution in [0.5, 0.6) is 0 Å². The first-order valence-corrected chi connectivity index (χ1v) is 39.1. The molecular formula is C72H112N16O26S. The van der Waals surface area contributed by atoms with Gasteiger partial charge in [0.25, 0.3) is 23.6 Å². The van der Waals surface area contributed by atoms with Gasteiger partial charge in [-0.2, -0.15) is 0 Å². The number of nitrogens with one attached hydrogen (secondary N) is 6. The quantitative estimate of drug-likeness (QED) is 0.0132. The lowest BCUT2D eigenvalue weighted by Crippen LogP contribution is -2.50. The monoisotopic (exact) mass is 1650 g/mol. The predicted molar refractivity (Wildman–Crippen MR) is 411 cm³/mol. The molecule has 10 N–H and O–H groups in total. The van der Waals surface area contributed by atoms with Gasteiger partial charge < -0.3 is 100.0 Å². The van der Waals surface area contributed by atoms with Gasteiger partial charge in [-0.3, -0.25) is 72.2 Å². The third kappa shape index (κ3) is 48.1. The summed E-state index contributed by atoms with van der Waals surface area (Å²) in [5.74, 6) is -3.79. The first-order chi connectivity index (χ1) is 55.8. The minimum absolute atomic E-state index is 0.0265. The number of imide groups is 3. The van der Waals surface area contributed by atoms with Crippen LogP contribution in [-0.2, 0) is 114 Å². The maximum Gasteiger partial charge on any atom is 0.329 e. The number of aliphatic carboxylic acids is 1. The van der Waals surface area contributed by atoms with E-state index in [1.165, 1.54) is 41.0 Å². The molecule has 3 atom stereocenters. The van der Waals surface area contributed by atoms with Crippen molar-refractivity contribution in [2.75, 3.05) is 222 Å². The van der Waals surface area contributed by atoms with E-state index in [-0.39, 0.29) is 163 Å². The van der Waals surface area contributed by atoms with Crippen molar-refractivity contribution in [3.05, 3.63) is 75.5 Å². The summed E-state index contributed by atoms with van der Waals surface area (Å²) in [6, 6.07) is 7.55. The number of nitrogens with zero attached hydrogens (tertiary/aromatic N) is 9. The highest BCUT2D eigenvalue weighted by molar-refractivity contribution is 8.00. The zero-order valence-electron chi connectivity index (χ0n) is 64.9. The van der Waals surface area contributed by atoms with Crippen molar-refractivity contribution in [1.29, 1.82) is 0 Å². The number of carboxylic acid groups (broad SMARTS) is 1. The topological polar surface area (TPSA) is 569 Å². The van der Waals surface area contributed by atoms with Gasteiger partial charge in [0.1, 0.15) is 31.9 Å². The van der Waals surface area contributed by atoms with Gasteiger partial charge >= 0.3 is 5.97 Å². The summed E-state index contributed by atoms with van der Waals surface area (Å²) in [5.41, 5.74) is 21.7. The average molecular weight is 1650 g/mol. The van der Waals surface area contributed by atoms with Gasteiger partial charge in [0, 0.05) is 117 Å². The van der Waals surface area contributed by atoms with Crippen LogP contribution in [-0.4, -0.2) is 336 Å². The normalized spacial score (nSPS) is 17.0. The molecule has 42 nitrogen and oxygen atoms in total. The number of aliphatic hydroxyl groups is 1. The molecule has 4 aliphatic heterocycles. The molecule has 1 unspecified atom stereocenters. The fraction of sp³-hybridized carbons (Fsp3) is 0.681. The Balaban J connectivity index is 0.000000539. The Labute approximate surface area is 670 Å². The maximum atomic E-state index is 13.3. The Morgan fingerprint density at radius 1 is 0.557 bits per heavy atom. The van der Waals surface area contributed by atoms with E-state index in [2.05, 4.69) is 52.0 Å². The fourth-order valence-corrected chi connectivity index (χ4v) is 12.0. The third-order valence-electron chi connectivity index (χ3n) is 16.6. The van der Waals surface area contributed by atoms with E-state index >= 15 is 0 Å². The van der Waals surface area contributed by atoms with Crippen molar-refractivity contribution in [3.8, 4) is 0 Å². The fourth-order valence-electron chi connectivity index (χ4n) is 10.8. The van der Waals surface area contributed by atoms with Crippen molar-refractivity contribution in [3.63, 3.8) is 0 Å². The molecule has 642 valence electrons. The highest BCUT2D eigenvalue weighted by Gasteiger charge is 2.41. The van der Waals surface area contributed by atoms with Crippen molar-refractivity contribution in [2.45, 2.75) is 88.0 Å². The number of benzene rings is 1. The van der Waals surface area contributed by atoms with E-state index in [0.717, 1.165) is 35.5 Å². The molecule has 4 heterocycles. The van der Waals surface area contributed by atoms with Gasteiger partial charge in [0.2, 0.25) is 47.3 Å². The van der Waals surface area contributed by atoms with Gasteiger partial charge in [0.05, 0.1) is 137 Å². The van der Waals surface area contributed by atoms with Gasteiger partial charge in [-0.1, -0.05) is 41.3 Å². The van der Waals surface area contributed by atoms with Gasteiger partial charge in [-0.15, -0.1) is 11.8 Å². The molecule has 1 aromatic rings. The molecule has 6 rings (SSSR count). The van der Waals surface area contributed by atoms with Crippen LogP contribution in [0.4, 0.5) is 5.69 Å². The Hall–Kier alpha value is -9.14. The molecule has 2 saturated heterocycles. The predicted octanol–water partition coefficient (Wildman–Crippen LogP) is -0.387. The number of azide groups is 2. The largest absolute Gasteiger partial charge is 0.480 e. The molecule has 5 aliphatic rings. The number of hydrogen-bond donors (Lipinski definition) is 9. The lowest BCUT2D eigenvalue weighted by atomic mass is 9.81. The molecule has 1 aromatic carbocycles. The van der Waals surface area contributed by atoms with Gasteiger partial charge in [-0.05, 0) is 79.8 Å². The van der Waals surface area contributed by atoms with Crippen LogP contribution >= 0.6 is 11.8 Å². The number of likely N-dealkylation sites (tertiary alicyclic amines) is 1. The molecular weight excluding hydrogens is 1540 g/mol. The highest BCUT2D eigenvalue weighted by atomic mass is 32.2. The summed E-state index contributed by atoms with van der Waals surface area (Å²) in [6.45, 7) is 8.72. The number of para-hydroxylation sites is 1. The smallest absolute Gasteiger partial charge is 0.329 e. The number of hydrogen-bond acceptors (Lipinski definition) is 29. The summed E-state index contributed by atoms with van der Waals surface area (Å²) in [5, 5.41) is 39.1. The number of aliphatic hydroxyl groups excluding tert-OH is 1. The summed E-state index contributed by atoms with van der Waals surface area (Å²) >= 11 is 1.48. The number of unbranched alkanes of at least 4 members (excludes halogenated alkanes) is 2. The van der Waals surface area contributed by atoms with Gasteiger partial charge in [0.15, 0.2) is 0 Å². The second-order valence-corrected chi connectivity index (χ2v) is 26.5. The lowest BCUT2D eigenvalue weighted by Gasteiger charge is -2.30. The summed E-state index contributed by atoms with van der Waals surface area (Å²) in [7, 11) is 0. The molecule has 115 heavy (non-hydrogen) atoms. The second-order valence-electron chi connectivity index (χ2n) is 25.2. The number of carbonyl (C=O) groups is 13. The van der Waals surface area contributed by atoms with E-state index in [1.807, 2.05) is 6.07 Å². The summed E-state index contributed by atoms with van der Waals surface area (Å²) in [6.07, 6.45) is 11.1. The van der Waals surface area contributed by atoms with E-state index in [0.29, 0.717) is 175 Å². The number of rotatable bonds is 60. The third-order valence-corrected chi connectivity index (χ3v) is 17.9. The number of nitrogens with two attached hydrogens (primary N) is 1. The number of thioether (sulfide) groups is 1. The molecule has 0 bridgehead atoms. The zero-order valence-corrected chi connectivity index (χ0v) is 65.7. The van der Waals surface area contributed by atoms with Crippen molar-refractivity contribution >= 4 is 94.3 Å². The Bertz CT molecular complexity index is 3210. The van der Waals surface area contributed by atoms with Gasteiger partial charge in [-0.25, -0.2) is 4.79 Å². The van der Waals surface area contributed by atoms with Crippen molar-refractivity contribution in [2.24, 2.45) is 27.8 Å². The number of carbonyl (C=O) groups excluding carboxylic acids is 12. The number of amides is 12. The first kappa shape index (κ1) is 100. The Kier molecular flexibility index (Phi) is 56.6. The van der Waals surface area contributed by atoms with Crippen LogP contribution in [0, 0.1) is 11.8 Å². The highest BCUT2D eigenvalue weighted by Crippen LogP contribution is 2.33. The number of carboxylic acids is 1. The average Bonchev–Trinajstić information content (AvgIpc) is 1.68. The van der Waals surface area contributed by atoms with Crippen LogP contribution in [0.2, 0.25) is 0 Å². The minimum atomic E-state index is -0.999. The van der Waals surface area contributed by atoms with E-state index < -0.39 is 35.1 Å². The molecule has 12 amide bonds. The Morgan fingerprint density at radius 2 is 1.03 bits per heavy atom. The van der Waals surface area contributed by atoms with Crippen LogP contribution in [0.25, 0.3) is 20.9 Å². The molecule has 43 heteroatoms. The van der Waals surface area contributed by atoms with Crippen LogP contribution in [0.15, 0.2) is 64.9 Å². The van der Waals surface area contributed by atoms with Crippen molar-refractivity contribution < 1.29 is 125 Å². The molecule has 1 saturated carbocycles. The first-order valence-electron chi connectivity index (χ1n) is 38.0. The summed E-state index contributed by atoms with van der Waals surface area (Å²) < 4.78 is 56.5. The maximum absolute atomic E-state index is 13.3. The standard InChI is InChI=1S/C44H61N7O12S.C14H23N3O6.C8H15N3O5.C6H13N3O3/c52-36-15-14-34(48-36)43(59)49-33(42(58)47-32-7-3-1-4-8-32)9-5-2-6-26-64-35-27-40(56)51(44(35)60)28-30-10-12-31(13-11-30)41(57)46-19-21-61-22-23-62-24-25-63-29-37(53)45-18-20-50-38(54)16-17-39(50)55;15-3-6-21-7-8-22-9-10-23-11-12(18)16-4-5-17-13(19)1-2-14(17)20;9-11-10-1-2-14-3-4-15-5-6-16-7-8(12)13;7-9-8-1-3-11-5-6-12-4-2-10/h1,3-4,7-8,16-17,30-31,33-35H,2,5-6,9-15,18-29H2,(H,45,53)(H,46,57)(H,47,58)(H,48,52)(H,49,59);1-2H,3-11,15H2,(H,16,18);1-7H2,(H,12,13);10H,1-6H2/t30?,31?,33-,34+,35?;;;/m0.../s1.